The van der Waals surface area contributed by atoms with E-state index in [9.17, 15) is 9.90 Å². The van der Waals surface area contributed by atoms with E-state index in [1.807, 2.05) is 30.3 Å². The third kappa shape index (κ3) is 4.54. The van der Waals surface area contributed by atoms with Crippen molar-refractivity contribution in [1.82, 2.24) is 10.3 Å². The normalized spacial score (nSPS) is 20.1. The van der Waals surface area contributed by atoms with E-state index in [2.05, 4.69) is 10.3 Å². The van der Waals surface area contributed by atoms with Crippen molar-refractivity contribution in [3.63, 3.8) is 0 Å². The Morgan fingerprint density at radius 2 is 2.12 bits per heavy atom. The molecule has 0 bridgehead atoms. The Morgan fingerprint density at radius 1 is 1.35 bits per heavy atom. The minimum Gasteiger partial charge on any atom is -0.481 e. The van der Waals surface area contributed by atoms with Crippen molar-refractivity contribution >= 4 is 17.5 Å². The molecule has 0 spiro atoms. The first-order valence-corrected chi connectivity index (χ1v) is 9.15. The zero-order valence-electron chi connectivity index (χ0n) is 14.7. The van der Waals surface area contributed by atoms with Crippen LogP contribution in [-0.2, 0) is 11.2 Å². The van der Waals surface area contributed by atoms with Crippen molar-refractivity contribution in [2.45, 2.75) is 37.8 Å². The van der Waals surface area contributed by atoms with Crippen molar-refractivity contribution < 1.29 is 14.6 Å². The fourth-order valence-electron chi connectivity index (χ4n) is 3.27. The number of halogens is 1. The molecule has 1 aromatic heterocycles. The fraction of sp³-hybridized carbons (Fsp3) is 0.400. The third-order valence-corrected chi connectivity index (χ3v) is 5.21. The first-order valence-electron chi connectivity index (χ1n) is 8.77. The highest BCUT2D eigenvalue weighted by Crippen LogP contribution is 2.38. The largest absolute Gasteiger partial charge is 0.481 e. The smallest absolute Gasteiger partial charge is 0.220 e. The Bertz CT molecular complexity index is 745. The summed E-state index contributed by atoms with van der Waals surface area (Å²) in [7, 11) is 1.57. The summed E-state index contributed by atoms with van der Waals surface area (Å²) in [6.07, 6.45) is 3.76. The van der Waals surface area contributed by atoms with Crippen LogP contribution in [0.3, 0.4) is 0 Å². The molecule has 1 amide bonds. The number of carbonyl (C=O) groups is 1. The highest BCUT2D eigenvalue weighted by atomic mass is 35.5. The predicted molar refractivity (Wildman–Crippen MR) is 100 cm³/mol. The molecular formula is C20H23ClN2O3. The van der Waals surface area contributed by atoms with E-state index in [0.717, 1.165) is 11.1 Å². The third-order valence-electron chi connectivity index (χ3n) is 4.84. The van der Waals surface area contributed by atoms with Crippen molar-refractivity contribution in [2.75, 3.05) is 7.11 Å². The number of aryl methyl sites for hydroxylation is 1. The van der Waals surface area contributed by atoms with Crippen LogP contribution in [0.15, 0.2) is 42.6 Å². The molecule has 0 aliphatic heterocycles. The van der Waals surface area contributed by atoms with Gasteiger partial charge in [0.25, 0.3) is 0 Å². The number of nitrogens with one attached hydrogen (secondary N) is 1. The molecule has 1 aliphatic rings. The summed E-state index contributed by atoms with van der Waals surface area (Å²) in [6.45, 7) is 0. The van der Waals surface area contributed by atoms with Crippen LogP contribution in [0.4, 0.5) is 0 Å². The number of hydrogen-bond acceptors (Lipinski definition) is 4. The van der Waals surface area contributed by atoms with Crippen LogP contribution in [0.25, 0.3) is 0 Å². The Hall–Kier alpha value is -2.11. The fourth-order valence-corrected chi connectivity index (χ4v) is 3.50. The van der Waals surface area contributed by atoms with E-state index in [-0.39, 0.29) is 24.0 Å². The predicted octanol–water partition coefficient (Wildman–Crippen LogP) is 3.30. The first kappa shape index (κ1) is 18.7. The topological polar surface area (TPSA) is 71.5 Å². The van der Waals surface area contributed by atoms with E-state index in [4.69, 9.17) is 16.3 Å². The number of ether oxygens (including phenoxy) is 1. The van der Waals surface area contributed by atoms with E-state index in [1.165, 1.54) is 0 Å². The highest BCUT2D eigenvalue weighted by molar-refractivity contribution is 6.31. The molecule has 6 heteroatoms. The summed E-state index contributed by atoms with van der Waals surface area (Å²) in [5, 5.41) is 13.4. The number of aliphatic hydroxyl groups is 1. The van der Waals surface area contributed by atoms with E-state index in [1.54, 1.807) is 19.4 Å². The number of carbonyl (C=O) groups excluding carboxylic acids is 1. The summed E-state index contributed by atoms with van der Waals surface area (Å²) in [6, 6.07) is 11.1. The maximum Gasteiger partial charge on any atom is 0.220 e. The molecule has 0 radical (unpaired) electrons. The quantitative estimate of drug-likeness (QED) is 0.780. The second-order valence-electron chi connectivity index (χ2n) is 6.66. The number of aliphatic hydroxyl groups excluding tert-OH is 1. The molecule has 1 fully saturated rings. The van der Waals surface area contributed by atoms with Crippen LogP contribution < -0.4 is 10.1 Å². The molecular weight excluding hydrogens is 352 g/mol. The Morgan fingerprint density at radius 3 is 2.73 bits per heavy atom. The number of benzene rings is 1. The van der Waals surface area contributed by atoms with E-state index in [0.29, 0.717) is 36.6 Å². The number of rotatable bonds is 7. The van der Waals surface area contributed by atoms with Gasteiger partial charge in [-0.05, 0) is 42.4 Å². The molecule has 26 heavy (non-hydrogen) atoms. The lowest BCUT2D eigenvalue weighted by molar-refractivity contribution is -0.123. The maximum absolute atomic E-state index is 12.5. The average Bonchev–Trinajstić information content (AvgIpc) is 2.63. The SMILES string of the molecule is COc1ccc(C(NC(=O)CCc2ccccc2Cl)C2CC(O)C2)cn1. The Kier molecular flexibility index (Phi) is 6.12. The standard InChI is InChI=1S/C20H23ClN2O3/c1-26-19-9-7-14(12-22-19)20(15-10-16(24)11-15)23-18(25)8-6-13-4-2-3-5-17(13)21/h2-5,7,9,12,15-16,20,24H,6,8,10-11H2,1H3,(H,23,25). The van der Waals surface area contributed by atoms with E-state index >= 15 is 0 Å². The summed E-state index contributed by atoms with van der Waals surface area (Å²) in [4.78, 5) is 16.7. The summed E-state index contributed by atoms with van der Waals surface area (Å²) in [5.74, 6) is 0.711. The molecule has 5 nitrogen and oxygen atoms in total. The molecule has 1 heterocycles. The minimum absolute atomic E-state index is 0.0351. The van der Waals surface area contributed by atoms with Gasteiger partial charge in [0.05, 0.1) is 19.3 Å². The summed E-state index contributed by atoms with van der Waals surface area (Å²) >= 11 is 6.16. The lowest BCUT2D eigenvalue weighted by atomic mass is 9.75. The van der Waals surface area contributed by atoms with Crippen LogP contribution >= 0.6 is 11.6 Å². The van der Waals surface area contributed by atoms with Gasteiger partial charge < -0.3 is 15.2 Å². The Labute approximate surface area is 158 Å². The van der Waals surface area contributed by atoms with Crippen molar-refractivity contribution in [3.8, 4) is 5.88 Å². The van der Waals surface area contributed by atoms with Gasteiger partial charge in [0.15, 0.2) is 0 Å². The Balaban J connectivity index is 1.65. The van der Waals surface area contributed by atoms with Gasteiger partial charge in [-0.3, -0.25) is 4.79 Å². The van der Waals surface area contributed by atoms with Crippen molar-refractivity contribution in [3.05, 3.63) is 58.7 Å². The van der Waals surface area contributed by atoms with Gasteiger partial charge in [-0.15, -0.1) is 0 Å². The van der Waals surface area contributed by atoms with Gasteiger partial charge in [-0.2, -0.15) is 0 Å². The molecule has 138 valence electrons. The lowest BCUT2D eigenvalue weighted by Crippen LogP contribution is -2.41. The van der Waals surface area contributed by atoms with Gasteiger partial charge in [0, 0.05) is 23.7 Å². The maximum atomic E-state index is 12.5. The number of aromatic nitrogens is 1. The van der Waals surface area contributed by atoms with Gasteiger partial charge in [-0.1, -0.05) is 35.9 Å². The highest BCUT2D eigenvalue weighted by Gasteiger charge is 2.35. The zero-order chi connectivity index (χ0) is 18.5. The number of pyridine rings is 1. The number of hydrogen-bond donors (Lipinski definition) is 2. The molecule has 2 aromatic rings. The lowest BCUT2D eigenvalue weighted by Gasteiger charge is -2.38. The van der Waals surface area contributed by atoms with Crippen LogP contribution in [0.2, 0.25) is 5.02 Å². The molecule has 2 N–H and O–H groups in total. The molecule has 1 aliphatic carbocycles. The van der Waals surface area contributed by atoms with Crippen molar-refractivity contribution in [2.24, 2.45) is 5.92 Å². The summed E-state index contributed by atoms with van der Waals surface area (Å²) < 4.78 is 5.10. The van der Waals surface area contributed by atoms with Crippen LogP contribution in [0, 0.1) is 5.92 Å². The molecule has 1 atom stereocenters. The monoisotopic (exact) mass is 374 g/mol. The molecule has 3 rings (SSSR count). The molecule has 1 saturated carbocycles. The zero-order valence-corrected chi connectivity index (χ0v) is 15.4. The molecule has 1 aromatic carbocycles. The molecule has 1 unspecified atom stereocenters. The average molecular weight is 375 g/mol. The second-order valence-corrected chi connectivity index (χ2v) is 7.06. The van der Waals surface area contributed by atoms with Gasteiger partial charge in [-0.25, -0.2) is 4.98 Å². The van der Waals surface area contributed by atoms with Gasteiger partial charge in [0.2, 0.25) is 11.8 Å². The van der Waals surface area contributed by atoms with Gasteiger partial charge in [0.1, 0.15) is 0 Å². The number of nitrogens with zero attached hydrogens (tertiary/aromatic N) is 1. The number of amides is 1. The van der Waals surface area contributed by atoms with E-state index < -0.39 is 0 Å². The minimum atomic E-state index is -0.284. The number of methoxy groups -OCH3 is 1. The van der Waals surface area contributed by atoms with Crippen LogP contribution in [-0.4, -0.2) is 29.2 Å². The van der Waals surface area contributed by atoms with Gasteiger partial charge >= 0.3 is 0 Å². The van der Waals surface area contributed by atoms with Crippen LogP contribution in [0.1, 0.15) is 36.4 Å². The molecule has 0 saturated heterocycles. The van der Waals surface area contributed by atoms with Crippen LogP contribution in [0.5, 0.6) is 5.88 Å². The second kappa shape index (κ2) is 8.52. The van der Waals surface area contributed by atoms with Crippen molar-refractivity contribution in [1.29, 1.82) is 0 Å². The first-order chi connectivity index (χ1) is 12.6. The summed E-state index contributed by atoms with van der Waals surface area (Å²) in [5.41, 5.74) is 1.89.